The van der Waals surface area contributed by atoms with Crippen molar-refractivity contribution < 1.29 is 9.59 Å². The number of nitrogens with one attached hydrogen (secondary N) is 1. The van der Waals surface area contributed by atoms with E-state index in [1.165, 1.54) is 0 Å². The normalized spacial score (nSPS) is 20.3. The maximum atomic E-state index is 12.3. The molecule has 1 fully saturated rings. The molecule has 128 valence electrons. The molecule has 1 N–H and O–H groups in total. The van der Waals surface area contributed by atoms with Gasteiger partial charge in [0.15, 0.2) is 0 Å². The molecule has 1 atom stereocenters. The topological polar surface area (TPSA) is 52.7 Å². The monoisotopic (exact) mass is 327 g/mol. The van der Waals surface area contributed by atoms with Gasteiger partial charge in [0.1, 0.15) is 0 Å². The Hall–Kier alpha value is -2.30. The van der Waals surface area contributed by atoms with Crippen LogP contribution >= 0.6 is 0 Å². The van der Waals surface area contributed by atoms with Gasteiger partial charge in [-0.3, -0.25) is 4.79 Å². The molecule has 0 spiro atoms. The molecule has 5 nitrogen and oxygen atoms in total. The van der Waals surface area contributed by atoms with E-state index in [2.05, 4.69) is 17.5 Å². The number of hydrogen-bond acceptors (Lipinski definition) is 2. The van der Waals surface area contributed by atoms with Crippen LogP contribution in [0.3, 0.4) is 0 Å². The number of rotatable bonds is 3. The highest BCUT2D eigenvalue weighted by molar-refractivity contribution is 5.89. The Balaban J connectivity index is 1.46. The van der Waals surface area contributed by atoms with Gasteiger partial charge < -0.3 is 15.1 Å². The zero-order chi connectivity index (χ0) is 16.9. The highest BCUT2D eigenvalue weighted by atomic mass is 16.2. The molecule has 0 unspecified atom stereocenters. The summed E-state index contributed by atoms with van der Waals surface area (Å²) in [6.07, 6.45) is 7.09. The third-order valence-corrected chi connectivity index (χ3v) is 4.74. The van der Waals surface area contributed by atoms with Crippen LogP contribution in [0.5, 0.6) is 0 Å². The Bertz CT molecular complexity index is 633. The smallest absolute Gasteiger partial charge is 0.321 e. The Labute approximate surface area is 143 Å². The number of allylic oxidation sites excluding steroid dienone is 2. The van der Waals surface area contributed by atoms with E-state index in [4.69, 9.17) is 0 Å². The predicted octanol–water partition coefficient (Wildman–Crippen LogP) is 3.03. The summed E-state index contributed by atoms with van der Waals surface area (Å²) in [6.45, 7) is 4.42. The van der Waals surface area contributed by atoms with Gasteiger partial charge >= 0.3 is 6.03 Å². The molecule has 2 aliphatic rings. The lowest BCUT2D eigenvalue weighted by Crippen LogP contribution is -2.51. The standard InChI is InChI=1S/C19H25N3O2/c1-15-5-4-8-17(13-15)20-19(24)22-11-9-21(10-12-22)18(23)14-16-6-2-3-7-16/h2,4-6,8,13,16H,3,7,9-12,14H2,1H3,(H,20,24)/t16-/m0/s1. The molecule has 0 radical (unpaired) electrons. The van der Waals surface area contributed by atoms with Crippen molar-refractivity contribution in [3.63, 3.8) is 0 Å². The second-order valence-electron chi connectivity index (χ2n) is 6.64. The van der Waals surface area contributed by atoms with Crippen LogP contribution in [-0.4, -0.2) is 47.9 Å². The summed E-state index contributed by atoms with van der Waals surface area (Å²) < 4.78 is 0. The van der Waals surface area contributed by atoms with Crippen LogP contribution in [0.2, 0.25) is 0 Å². The number of piperazine rings is 1. The van der Waals surface area contributed by atoms with Gasteiger partial charge in [0.25, 0.3) is 0 Å². The third-order valence-electron chi connectivity index (χ3n) is 4.74. The fourth-order valence-electron chi connectivity index (χ4n) is 3.30. The minimum absolute atomic E-state index is 0.0913. The first-order valence-electron chi connectivity index (χ1n) is 8.69. The lowest BCUT2D eigenvalue weighted by atomic mass is 10.0. The molecule has 0 saturated carbocycles. The van der Waals surface area contributed by atoms with Gasteiger partial charge in [0, 0.05) is 38.3 Å². The molecule has 0 aromatic heterocycles. The van der Waals surface area contributed by atoms with E-state index in [1.807, 2.05) is 36.1 Å². The van der Waals surface area contributed by atoms with Gasteiger partial charge in [-0.15, -0.1) is 0 Å². The Kier molecular flexibility index (Phi) is 5.18. The molecule has 1 saturated heterocycles. The number of carbonyl (C=O) groups excluding carboxylic acids is 2. The second kappa shape index (κ2) is 7.51. The molecule has 1 aliphatic heterocycles. The van der Waals surface area contributed by atoms with E-state index < -0.39 is 0 Å². The average Bonchev–Trinajstić information content (AvgIpc) is 3.08. The number of anilines is 1. The summed E-state index contributed by atoms with van der Waals surface area (Å²) in [5.41, 5.74) is 1.93. The lowest BCUT2D eigenvalue weighted by Gasteiger charge is -2.35. The number of carbonyl (C=O) groups is 2. The summed E-state index contributed by atoms with van der Waals surface area (Å²) >= 11 is 0. The summed E-state index contributed by atoms with van der Waals surface area (Å²) in [6, 6.07) is 7.68. The molecule has 1 aromatic rings. The van der Waals surface area contributed by atoms with Gasteiger partial charge in [0.05, 0.1) is 0 Å². The minimum atomic E-state index is -0.0913. The van der Waals surface area contributed by atoms with E-state index >= 15 is 0 Å². The SMILES string of the molecule is Cc1cccc(NC(=O)N2CCN(C(=O)C[C@H]3C=CCC3)CC2)c1. The van der Waals surface area contributed by atoms with E-state index in [0.29, 0.717) is 38.5 Å². The maximum absolute atomic E-state index is 12.3. The van der Waals surface area contributed by atoms with Gasteiger partial charge in [-0.1, -0.05) is 24.3 Å². The van der Waals surface area contributed by atoms with Gasteiger partial charge in [-0.25, -0.2) is 4.79 Å². The zero-order valence-electron chi connectivity index (χ0n) is 14.2. The largest absolute Gasteiger partial charge is 0.339 e. The van der Waals surface area contributed by atoms with Crippen LogP contribution in [-0.2, 0) is 4.79 Å². The molecule has 1 heterocycles. The summed E-state index contributed by atoms with van der Waals surface area (Å²) in [5.74, 6) is 0.616. The fraction of sp³-hybridized carbons (Fsp3) is 0.474. The molecular formula is C19H25N3O2. The Morgan fingerprint density at radius 1 is 1.17 bits per heavy atom. The summed E-state index contributed by atoms with van der Waals surface area (Å²) in [7, 11) is 0. The van der Waals surface area contributed by atoms with Crippen molar-refractivity contribution in [3.05, 3.63) is 42.0 Å². The fourth-order valence-corrected chi connectivity index (χ4v) is 3.30. The van der Waals surface area contributed by atoms with E-state index in [9.17, 15) is 9.59 Å². The predicted molar refractivity (Wildman–Crippen MR) is 94.8 cm³/mol. The second-order valence-corrected chi connectivity index (χ2v) is 6.64. The maximum Gasteiger partial charge on any atom is 0.321 e. The van der Waals surface area contributed by atoms with Crippen LogP contribution in [0.15, 0.2) is 36.4 Å². The third kappa shape index (κ3) is 4.16. The molecule has 1 aliphatic carbocycles. The molecule has 1 aromatic carbocycles. The molecule has 24 heavy (non-hydrogen) atoms. The van der Waals surface area contributed by atoms with Gasteiger partial charge in [-0.05, 0) is 43.4 Å². The van der Waals surface area contributed by atoms with Crippen molar-refractivity contribution in [2.75, 3.05) is 31.5 Å². The van der Waals surface area contributed by atoms with Crippen LogP contribution in [0.4, 0.5) is 10.5 Å². The van der Waals surface area contributed by atoms with Crippen molar-refractivity contribution in [2.45, 2.75) is 26.2 Å². The van der Waals surface area contributed by atoms with Gasteiger partial charge in [-0.2, -0.15) is 0 Å². The van der Waals surface area contributed by atoms with Crippen molar-refractivity contribution >= 4 is 17.6 Å². The Morgan fingerprint density at radius 3 is 2.58 bits per heavy atom. The van der Waals surface area contributed by atoms with E-state index in [-0.39, 0.29) is 11.9 Å². The Morgan fingerprint density at radius 2 is 1.92 bits per heavy atom. The van der Waals surface area contributed by atoms with Crippen LogP contribution < -0.4 is 5.32 Å². The molecule has 3 amide bonds. The number of aryl methyl sites for hydroxylation is 1. The van der Waals surface area contributed by atoms with Crippen molar-refractivity contribution in [3.8, 4) is 0 Å². The lowest BCUT2D eigenvalue weighted by molar-refractivity contribution is -0.133. The number of hydrogen-bond donors (Lipinski definition) is 1. The van der Waals surface area contributed by atoms with Crippen molar-refractivity contribution in [1.82, 2.24) is 9.80 Å². The highest BCUT2D eigenvalue weighted by Gasteiger charge is 2.25. The number of nitrogens with zero attached hydrogens (tertiary/aromatic N) is 2. The van der Waals surface area contributed by atoms with Crippen LogP contribution in [0.25, 0.3) is 0 Å². The number of benzene rings is 1. The van der Waals surface area contributed by atoms with Crippen LogP contribution in [0, 0.1) is 12.8 Å². The minimum Gasteiger partial charge on any atom is -0.339 e. The number of urea groups is 1. The molecule has 0 bridgehead atoms. The molecule has 3 rings (SSSR count). The summed E-state index contributed by atoms with van der Waals surface area (Å²) in [4.78, 5) is 28.3. The van der Waals surface area contributed by atoms with Crippen LogP contribution in [0.1, 0.15) is 24.8 Å². The van der Waals surface area contributed by atoms with Crippen molar-refractivity contribution in [2.24, 2.45) is 5.92 Å². The quantitative estimate of drug-likeness (QED) is 0.868. The first-order valence-corrected chi connectivity index (χ1v) is 8.69. The van der Waals surface area contributed by atoms with Gasteiger partial charge in [0.2, 0.25) is 5.91 Å². The van der Waals surface area contributed by atoms with Crippen molar-refractivity contribution in [1.29, 1.82) is 0 Å². The molecule has 5 heteroatoms. The highest BCUT2D eigenvalue weighted by Crippen LogP contribution is 2.21. The molecular weight excluding hydrogens is 302 g/mol. The first kappa shape index (κ1) is 16.6. The zero-order valence-corrected chi connectivity index (χ0v) is 14.2. The van der Waals surface area contributed by atoms with E-state index in [0.717, 1.165) is 24.1 Å². The first-order chi connectivity index (χ1) is 11.6. The number of amides is 3. The average molecular weight is 327 g/mol. The van der Waals surface area contributed by atoms with E-state index in [1.54, 1.807) is 4.90 Å². The summed E-state index contributed by atoms with van der Waals surface area (Å²) in [5, 5.41) is 2.93.